The Kier molecular flexibility index (Phi) is 11.7. The lowest BCUT2D eigenvalue weighted by Gasteiger charge is -2.11. The predicted molar refractivity (Wildman–Crippen MR) is 106 cm³/mol. The number of nitrogens with zero attached hydrogens (tertiary/aromatic N) is 1. The zero-order valence-electron chi connectivity index (χ0n) is 16.7. The maximum atomic E-state index is 11.4. The molecule has 1 atom stereocenters. The number of allylic oxidation sites excluding steroid dienone is 1. The maximum Gasteiger partial charge on any atom is 0.336 e. The summed E-state index contributed by atoms with van der Waals surface area (Å²) in [5, 5.41) is 8.48. The van der Waals surface area contributed by atoms with Crippen molar-refractivity contribution in [1.29, 1.82) is 0 Å². The monoisotopic (exact) mass is 361 g/mol. The smallest absolute Gasteiger partial charge is 0.336 e. The molecule has 1 N–H and O–H groups in total. The SMILES string of the molecule is CC/C=C(\C=NC)C(=O)O.COC(=O)C(C)c1ccc(CC(C)C)cc1. The van der Waals surface area contributed by atoms with E-state index >= 15 is 0 Å². The molecule has 0 aliphatic heterocycles. The van der Waals surface area contributed by atoms with Crippen molar-refractivity contribution >= 4 is 18.2 Å². The molecule has 144 valence electrons. The highest BCUT2D eigenvalue weighted by molar-refractivity contribution is 6.08. The van der Waals surface area contributed by atoms with Gasteiger partial charge in [0.05, 0.1) is 18.6 Å². The van der Waals surface area contributed by atoms with Crippen molar-refractivity contribution in [1.82, 2.24) is 0 Å². The van der Waals surface area contributed by atoms with Gasteiger partial charge in [-0.1, -0.05) is 51.1 Å². The topological polar surface area (TPSA) is 76.0 Å². The van der Waals surface area contributed by atoms with Gasteiger partial charge in [-0.3, -0.25) is 9.79 Å². The molecular weight excluding hydrogens is 330 g/mol. The van der Waals surface area contributed by atoms with Gasteiger partial charge in [0, 0.05) is 13.3 Å². The highest BCUT2D eigenvalue weighted by Crippen LogP contribution is 2.18. The summed E-state index contributed by atoms with van der Waals surface area (Å²) in [4.78, 5) is 25.3. The Morgan fingerprint density at radius 1 is 1.19 bits per heavy atom. The standard InChI is InChI=1S/C14H20O2.C7H11NO2/c1-10(2)9-12-5-7-13(8-6-12)11(3)14(15)16-4;1-3-4-6(5-8-2)7(9)10/h5-8,10-11H,9H2,1-4H3;4-5H,3H2,1-2H3,(H,9,10)/b;6-4+,8-5?. The van der Waals surface area contributed by atoms with Gasteiger partial charge >= 0.3 is 11.9 Å². The first-order valence-corrected chi connectivity index (χ1v) is 8.78. The molecule has 0 saturated heterocycles. The Balaban J connectivity index is 0.000000541. The first-order valence-electron chi connectivity index (χ1n) is 8.78. The van der Waals surface area contributed by atoms with Crippen LogP contribution < -0.4 is 0 Å². The van der Waals surface area contributed by atoms with Gasteiger partial charge in [-0.05, 0) is 36.8 Å². The van der Waals surface area contributed by atoms with Crippen molar-refractivity contribution in [3.63, 3.8) is 0 Å². The number of carboxylic acids is 1. The third-order valence-electron chi connectivity index (χ3n) is 3.62. The van der Waals surface area contributed by atoms with Gasteiger partial charge in [-0.15, -0.1) is 0 Å². The van der Waals surface area contributed by atoms with E-state index in [9.17, 15) is 9.59 Å². The minimum absolute atomic E-state index is 0.182. The van der Waals surface area contributed by atoms with Crippen LogP contribution in [0.25, 0.3) is 0 Å². The van der Waals surface area contributed by atoms with E-state index < -0.39 is 5.97 Å². The van der Waals surface area contributed by atoms with Crippen LogP contribution in [0.1, 0.15) is 51.2 Å². The van der Waals surface area contributed by atoms with Crippen molar-refractivity contribution < 1.29 is 19.4 Å². The second-order valence-corrected chi connectivity index (χ2v) is 6.34. The quantitative estimate of drug-likeness (QED) is 0.447. The van der Waals surface area contributed by atoms with Crippen molar-refractivity contribution in [2.75, 3.05) is 14.2 Å². The first-order chi connectivity index (χ1) is 12.3. The molecule has 1 rings (SSSR count). The molecule has 26 heavy (non-hydrogen) atoms. The summed E-state index contributed by atoms with van der Waals surface area (Å²) in [5.41, 5.74) is 2.58. The number of aliphatic carboxylic acids is 1. The highest BCUT2D eigenvalue weighted by atomic mass is 16.5. The van der Waals surface area contributed by atoms with Crippen LogP contribution in [0, 0.1) is 5.92 Å². The molecule has 0 radical (unpaired) electrons. The fraction of sp³-hybridized carbons (Fsp3) is 0.476. The lowest BCUT2D eigenvalue weighted by Crippen LogP contribution is -2.10. The number of rotatable bonds is 7. The van der Waals surface area contributed by atoms with Crippen LogP contribution >= 0.6 is 0 Å². The van der Waals surface area contributed by atoms with Crippen LogP contribution in [0.15, 0.2) is 40.9 Å². The number of carbonyl (C=O) groups excluding carboxylic acids is 1. The van der Waals surface area contributed by atoms with Crippen molar-refractivity contribution in [3.8, 4) is 0 Å². The fourth-order valence-corrected chi connectivity index (χ4v) is 2.28. The van der Waals surface area contributed by atoms with E-state index in [1.54, 1.807) is 13.1 Å². The lowest BCUT2D eigenvalue weighted by molar-refractivity contribution is -0.142. The van der Waals surface area contributed by atoms with Crippen LogP contribution in [0.3, 0.4) is 0 Å². The van der Waals surface area contributed by atoms with Crippen LogP contribution in [0.2, 0.25) is 0 Å². The second-order valence-electron chi connectivity index (χ2n) is 6.34. The number of aliphatic imine (C=N–C) groups is 1. The van der Waals surface area contributed by atoms with Crippen molar-refractivity contribution in [2.24, 2.45) is 10.9 Å². The van der Waals surface area contributed by atoms with Crippen LogP contribution in [0.5, 0.6) is 0 Å². The van der Waals surface area contributed by atoms with E-state index in [4.69, 9.17) is 9.84 Å². The molecule has 0 saturated carbocycles. The highest BCUT2D eigenvalue weighted by Gasteiger charge is 2.15. The van der Waals surface area contributed by atoms with Crippen molar-refractivity contribution in [3.05, 3.63) is 47.0 Å². The Morgan fingerprint density at radius 3 is 2.15 bits per heavy atom. The van der Waals surface area contributed by atoms with E-state index in [2.05, 4.69) is 31.0 Å². The minimum Gasteiger partial charge on any atom is -0.478 e. The third kappa shape index (κ3) is 9.16. The lowest BCUT2D eigenvalue weighted by atomic mass is 9.97. The number of hydrogen-bond donors (Lipinski definition) is 1. The number of carboxylic acid groups (broad SMARTS) is 1. The zero-order chi connectivity index (χ0) is 20.1. The number of carbonyl (C=O) groups is 2. The number of methoxy groups -OCH3 is 1. The first kappa shape index (κ1) is 23.6. The molecule has 1 aromatic carbocycles. The summed E-state index contributed by atoms with van der Waals surface area (Å²) in [6.45, 7) is 8.14. The van der Waals surface area contributed by atoms with E-state index in [1.807, 2.05) is 26.0 Å². The normalized spacial score (nSPS) is 12.5. The van der Waals surface area contributed by atoms with Crippen LogP contribution in [0.4, 0.5) is 0 Å². The third-order valence-corrected chi connectivity index (χ3v) is 3.62. The molecule has 0 heterocycles. The van der Waals surface area contributed by atoms with Gasteiger partial charge < -0.3 is 9.84 Å². The maximum absolute atomic E-state index is 11.4. The predicted octanol–water partition coefficient (Wildman–Crippen LogP) is 4.27. The molecule has 0 bridgehead atoms. The molecule has 5 nitrogen and oxygen atoms in total. The molecule has 1 aromatic rings. The Labute approximate surface area is 156 Å². The van der Waals surface area contributed by atoms with E-state index in [1.165, 1.54) is 18.9 Å². The summed E-state index contributed by atoms with van der Waals surface area (Å²) >= 11 is 0. The van der Waals surface area contributed by atoms with Crippen molar-refractivity contribution in [2.45, 2.75) is 46.5 Å². The zero-order valence-corrected chi connectivity index (χ0v) is 16.7. The van der Waals surface area contributed by atoms with Gasteiger partial charge in [-0.25, -0.2) is 4.79 Å². The van der Waals surface area contributed by atoms with Gasteiger partial charge in [0.2, 0.25) is 0 Å². The molecular formula is C21H31NO4. The van der Waals surface area contributed by atoms with E-state index in [0.29, 0.717) is 12.3 Å². The molecule has 0 aliphatic carbocycles. The molecule has 0 aromatic heterocycles. The van der Waals surface area contributed by atoms with Crippen LogP contribution in [-0.2, 0) is 20.7 Å². The average molecular weight is 361 g/mol. The average Bonchev–Trinajstić information content (AvgIpc) is 2.61. The molecule has 1 unspecified atom stereocenters. The summed E-state index contributed by atoms with van der Waals surface area (Å²) < 4.78 is 4.72. The fourth-order valence-electron chi connectivity index (χ4n) is 2.28. The Bertz CT molecular complexity index is 615. The summed E-state index contributed by atoms with van der Waals surface area (Å²) in [5.74, 6) is -0.633. The summed E-state index contributed by atoms with van der Waals surface area (Å²) in [7, 11) is 2.97. The molecule has 0 aliphatic rings. The van der Waals surface area contributed by atoms with Gasteiger partial charge in [-0.2, -0.15) is 0 Å². The Hall–Kier alpha value is -2.43. The largest absolute Gasteiger partial charge is 0.478 e. The summed E-state index contributed by atoms with van der Waals surface area (Å²) in [6, 6.07) is 8.21. The number of esters is 1. The number of hydrogen-bond acceptors (Lipinski definition) is 4. The van der Waals surface area contributed by atoms with E-state index in [0.717, 1.165) is 12.0 Å². The summed E-state index contributed by atoms with van der Waals surface area (Å²) in [6.07, 6.45) is 4.75. The number of benzene rings is 1. The minimum atomic E-state index is -0.924. The number of ether oxygens (including phenoxy) is 1. The molecule has 0 fully saturated rings. The molecule has 5 heteroatoms. The van der Waals surface area contributed by atoms with Gasteiger partial charge in [0.15, 0.2) is 0 Å². The van der Waals surface area contributed by atoms with Crippen LogP contribution in [-0.4, -0.2) is 37.4 Å². The van der Waals surface area contributed by atoms with E-state index in [-0.39, 0.29) is 17.5 Å². The second kappa shape index (κ2) is 12.9. The van der Waals surface area contributed by atoms with Gasteiger partial charge in [0.1, 0.15) is 0 Å². The van der Waals surface area contributed by atoms with Gasteiger partial charge in [0.25, 0.3) is 0 Å². The Morgan fingerprint density at radius 2 is 1.77 bits per heavy atom. The molecule has 0 amide bonds. The molecule has 0 spiro atoms.